The molecule has 0 aliphatic rings. The number of ether oxygens (including phenoxy) is 1. The molecule has 1 aromatic heterocycles. The molecule has 0 bridgehead atoms. The van der Waals surface area contributed by atoms with Crippen LogP contribution in [0.5, 0.6) is 5.75 Å². The van der Waals surface area contributed by atoms with Crippen molar-refractivity contribution in [3.63, 3.8) is 0 Å². The maximum absolute atomic E-state index is 5.31. The topological polar surface area (TPSA) is 39.1 Å². The van der Waals surface area contributed by atoms with Crippen LogP contribution in [0.15, 0.2) is 6.20 Å². The molecule has 1 aromatic rings. The van der Waals surface area contributed by atoms with Crippen molar-refractivity contribution >= 4 is 0 Å². The lowest BCUT2D eigenvalue weighted by molar-refractivity contribution is 0.401. The summed E-state index contributed by atoms with van der Waals surface area (Å²) in [6, 6.07) is 0.542. The SMILES string of the molecule is COc1cnn(C)c1C(C)CCNC(C)C. The molecule has 92 valence electrons. The fourth-order valence-corrected chi connectivity index (χ4v) is 1.87. The van der Waals surface area contributed by atoms with Crippen molar-refractivity contribution in [3.05, 3.63) is 11.9 Å². The van der Waals surface area contributed by atoms with E-state index in [0.29, 0.717) is 12.0 Å². The Bertz CT molecular complexity index is 320. The van der Waals surface area contributed by atoms with Gasteiger partial charge in [-0.15, -0.1) is 0 Å². The highest BCUT2D eigenvalue weighted by Crippen LogP contribution is 2.27. The van der Waals surface area contributed by atoms with Gasteiger partial charge >= 0.3 is 0 Å². The minimum absolute atomic E-state index is 0.452. The minimum atomic E-state index is 0.452. The van der Waals surface area contributed by atoms with E-state index in [0.717, 1.165) is 18.7 Å². The van der Waals surface area contributed by atoms with E-state index in [4.69, 9.17) is 4.74 Å². The minimum Gasteiger partial charge on any atom is -0.493 e. The first-order chi connectivity index (χ1) is 7.56. The summed E-state index contributed by atoms with van der Waals surface area (Å²) in [7, 11) is 3.66. The number of rotatable bonds is 6. The van der Waals surface area contributed by atoms with Crippen LogP contribution in [-0.2, 0) is 7.05 Å². The van der Waals surface area contributed by atoms with Gasteiger partial charge in [0.2, 0.25) is 0 Å². The molecule has 0 saturated heterocycles. The molecule has 0 radical (unpaired) electrons. The molecule has 1 N–H and O–H groups in total. The third-order valence-corrected chi connectivity index (χ3v) is 2.77. The average molecular weight is 225 g/mol. The molecule has 1 atom stereocenters. The van der Waals surface area contributed by atoms with Crippen molar-refractivity contribution in [2.24, 2.45) is 7.05 Å². The molecule has 1 unspecified atom stereocenters. The van der Waals surface area contributed by atoms with Crippen LogP contribution in [0, 0.1) is 0 Å². The molecule has 0 spiro atoms. The van der Waals surface area contributed by atoms with E-state index in [2.05, 4.69) is 31.2 Å². The summed E-state index contributed by atoms with van der Waals surface area (Å²) in [5.41, 5.74) is 1.17. The summed E-state index contributed by atoms with van der Waals surface area (Å²) in [4.78, 5) is 0. The van der Waals surface area contributed by atoms with Crippen LogP contribution in [0.25, 0.3) is 0 Å². The van der Waals surface area contributed by atoms with Crippen molar-refractivity contribution in [1.82, 2.24) is 15.1 Å². The van der Waals surface area contributed by atoms with E-state index in [9.17, 15) is 0 Å². The van der Waals surface area contributed by atoms with Gasteiger partial charge in [-0.1, -0.05) is 20.8 Å². The van der Waals surface area contributed by atoms with Gasteiger partial charge in [0.1, 0.15) is 0 Å². The highest BCUT2D eigenvalue weighted by Gasteiger charge is 2.16. The molecule has 0 aliphatic carbocycles. The van der Waals surface area contributed by atoms with Crippen LogP contribution in [-0.4, -0.2) is 29.5 Å². The second-order valence-electron chi connectivity index (χ2n) is 4.52. The summed E-state index contributed by atoms with van der Waals surface area (Å²) in [6.07, 6.45) is 2.87. The summed E-state index contributed by atoms with van der Waals surface area (Å²) < 4.78 is 7.21. The lowest BCUT2D eigenvalue weighted by Crippen LogP contribution is -2.25. The van der Waals surface area contributed by atoms with Gasteiger partial charge in [0.05, 0.1) is 19.0 Å². The number of aromatic nitrogens is 2. The largest absolute Gasteiger partial charge is 0.493 e. The zero-order chi connectivity index (χ0) is 12.1. The molecular weight excluding hydrogens is 202 g/mol. The Hall–Kier alpha value is -1.03. The fourth-order valence-electron chi connectivity index (χ4n) is 1.87. The van der Waals surface area contributed by atoms with Crippen molar-refractivity contribution < 1.29 is 4.74 Å². The Labute approximate surface area is 98.0 Å². The van der Waals surface area contributed by atoms with E-state index in [1.165, 1.54) is 5.69 Å². The van der Waals surface area contributed by atoms with Crippen LogP contribution < -0.4 is 10.1 Å². The number of hydrogen-bond donors (Lipinski definition) is 1. The van der Waals surface area contributed by atoms with Crippen molar-refractivity contribution in [2.45, 2.75) is 39.2 Å². The first kappa shape index (κ1) is 13.0. The van der Waals surface area contributed by atoms with Crippen molar-refractivity contribution in [1.29, 1.82) is 0 Å². The highest BCUT2D eigenvalue weighted by molar-refractivity contribution is 5.28. The number of nitrogens with zero attached hydrogens (tertiary/aromatic N) is 2. The third kappa shape index (κ3) is 3.23. The lowest BCUT2D eigenvalue weighted by atomic mass is 10.0. The van der Waals surface area contributed by atoms with Crippen molar-refractivity contribution in [2.75, 3.05) is 13.7 Å². The van der Waals surface area contributed by atoms with Crippen LogP contribution in [0.1, 0.15) is 38.8 Å². The van der Waals surface area contributed by atoms with E-state index >= 15 is 0 Å². The maximum atomic E-state index is 5.31. The average Bonchev–Trinajstić information content (AvgIpc) is 2.58. The summed E-state index contributed by atoms with van der Waals surface area (Å²) in [5.74, 6) is 1.34. The summed E-state index contributed by atoms with van der Waals surface area (Å²) >= 11 is 0. The van der Waals surface area contributed by atoms with Gasteiger partial charge in [0.15, 0.2) is 5.75 Å². The predicted octanol–water partition coefficient (Wildman–Crippen LogP) is 1.92. The van der Waals surface area contributed by atoms with Gasteiger partial charge in [-0.2, -0.15) is 5.10 Å². The molecule has 4 heteroatoms. The van der Waals surface area contributed by atoms with E-state index in [1.54, 1.807) is 13.3 Å². The van der Waals surface area contributed by atoms with Crippen LogP contribution >= 0.6 is 0 Å². The number of hydrogen-bond acceptors (Lipinski definition) is 3. The van der Waals surface area contributed by atoms with Gasteiger partial charge in [0, 0.05) is 19.0 Å². The Morgan fingerprint density at radius 2 is 2.12 bits per heavy atom. The molecule has 0 saturated carbocycles. The number of methoxy groups -OCH3 is 1. The van der Waals surface area contributed by atoms with E-state index in [-0.39, 0.29) is 0 Å². The zero-order valence-corrected chi connectivity index (χ0v) is 10.9. The smallest absolute Gasteiger partial charge is 0.160 e. The monoisotopic (exact) mass is 225 g/mol. The molecule has 0 amide bonds. The first-order valence-electron chi connectivity index (χ1n) is 5.85. The number of aryl methyl sites for hydroxylation is 1. The molecule has 0 aliphatic heterocycles. The van der Waals surface area contributed by atoms with Crippen LogP contribution in [0.3, 0.4) is 0 Å². The highest BCUT2D eigenvalue weighted by atomic mass is 16.5. The number of nitrogens with one attached hydrogen (secondary N) is 1. The van der Waals surface area contributed by atoms with Gasteiger partial charge in [-0.3, -0.25) is 4.68 Å². The molecule has 1 rings (SSSR count). The second-order valence-corrected chi connectivity index (χ2v) is 4.52. The standard InChI is InChI=1S/C12H23N3O/c1-9(2)13-7-6-10(3)12-11(16-5)8-14-15(12)4/h8-10,13H,6-7H2,1-5H3. The molecular formula is C12H23N3O. The van der Waals surface area contributed by atoms with Crippen LogP contribution in [0.4, 0.5) is 0 Å². The van der Waals surface area contributed by atoms with Gasteiger partial charge < -0.3 is 10.1 Å². The second kappa shape index (κ2) is 5.89. The van der Waals surface area contributed by atoms with Gasteiger partial charge in [-0.05, 0) is 13.0 Å². The Morgan fingerprint density at radius 1 is 1.44 bits per heavy atom. The molecule has 0 fully saturated rings. The fraction of sp³-hybridized carbons (Fsp3) is 0.750. The first-order valence-corrected chi connectivity index (χ1v) is 5.85. The molecule has 1 heterocycles. The quantitative estimate of drug-likeness (QED) is 0.804. The summed E-state index contributed by atoms with van der Waals surface area (Å²) in [6.45, 7) is 7.55. The summed E-state index contributed by atoms with van der Waals surface area (Å²) in [5, 5.41) is 7.65. The van der Waals surface area contributed by atoms with Crippen molar-refractivity contribution in [3.8, 4) is 5.75 Å². The maximum Gasteiger partial charge on any atom is 0.160 e. The van der Waals surface area contributed by atoms with E-state index in [1.807, 2.05) is 11.7 Å². The molecule has 4 nitrogen and oxygen atoms in total. The third-order valence-electron chi connectivity index (χ3n) is 2.77. The predicted molar refractivity (Wildman–Crippen MR) is 65.9 cm³/mol. The van der Waals surface area contributed by atoms with Gasteiger partial charge in [-0.25, -0.2) is 0 Å². The normalized spacial score (nSPS) is 13.1. The Morgan fingerprint density at radius 3 is 2.69 bits per heavy atom. The Balaban J connectivity index is 2.58. The van der Waals surface area contributed by atoms with Gasteiger partial charge in [0.25, 0.3) is 0 Å². The molecule has 0 aromatic carbocycles. The van der Waals surface area contributed by atoms with Crippen LogP contribution in [0.2, 0.25) is 0 Å². The van der Waals surface area contributed by atoms with E-state index < -0.39 is 0 Å². The molecule has 16 heavy (non-hydrogen) atoms. The zero-order valence-electron chi connectivity index (χ0n) is 10.9. The Kier molecular flexibility index (Phi) is 4.80. The lowest BCUT2D eigenvalue weighted by Gasteiger charge is -2.15.